The van der Waals surface area contributed by atoms with Gasteiger partial charge in [-0.25, -0.2) is 14.4 Å². The Morgan fingerprint density at radius 1 is 1.20 bits per heavy atom. The van der Waals surface area contributed by atoms with Crippen LogP contribution in [0.2, 0.25) is 0 Å². The van der Waals surface area contributed by atoms with Crippen molar-refractivity contribution in [2.45, 2.75) is 18.9 Å². The molecule has 1 amide bonds. The first-order valence-electron chi connectivity index (χ1n) is 8.47. The number of carbonyl (C=O) groups is 1. The van der Waals surface area contributed by atoms with E-state index in [4.69, 9.17) is 4.74 Å². The van der Waals surface area contributed by atoms with Gasteiger partial charge in [-0.1, -0.05) is 0 Å². The fourth-order valence-corrected chi connectivity index (χ4v) is 2.78. The van der Waals surface area contributed by atoms with Gasteiger partial charge in [0.05, 0.1) is 13.2 Å². The number of morpholine rings is 1. The number of anilines is 1. The van der Waals surface area contributed by atoms with Crippen LogP contribution in [0.3, 0.4) is 0 Å². The second-order valence-electron chi connectivity index (χ2n) is 6.28. The van der Waals surface area contributed by atoms with Crippen molar-refractivity contribution in [3.8, 4) is 11.4 Å². The van der Waals surface area contributed by atoms with Gasteiger partial charge in [0.2, 0.25) is 0 Å². The van der Waals surface area contributed by atoms with Crippen LogP contribution in [0.25, 0.3) is 11.4 Å². The Morgan fingerprint density at radius 3 is 2.60 bits per heavy atom. The molecule has 2 aromatic rings. The first kappa shape index (κ1) is 16.0. The molecular formula is C18H19FN4O2. The number of halogens is 1. The second-order valence-corrected chi connectivity index (χ2v) is 6.28. The van der Waals surface area contributed by atoms with Crippen molar-refractivity contribution in [3.63, 3.8) is 0 Å². The summed E-state index contributed by atoms with van der Waals surface area (Å²) in [5.41, 5.74) is 1.18. The molecule has 0 spiro atoms. The number of rotatable bonds is 4. The molecule has 1 aliphatic heterocycles. The summed E-state index contributed by atoms with van der Waals surface area (Å²) < 4.78 is 18.6. The van der Waals surface area contributed by atoms with Crippen molar-refractivity contribution in [2.24, 2.45) is 0 Å². The highest BCUT2D eigenvalue weighted by molar-refractivity contribution is 5.99. The molecule has 1 aromatic heterocycles. The lowest BCUT2D eigenvalue weighted by Gasteiger charge is -2.29. The molecule has 130 valence electrons. The highest BCUT2D eigenvalue weighted by atomic mass is 19.1. The number of nitrogens with zero attached hydrogens (tertiary/aromatic N) is 3. The molecule has 0 atom stereocenters. The molecule has 1 aromatic carbocycles. The average molecular weight is 342 g/mol. The molecule has 25 heavy (non-hydrogen) atoms. The standard InChI is InChI=1S/C18H19FN4O2/c19-13-3-1-12(2-4-13)16-20-11-15(18(24)21-14-5-6-14)17(22-16)23-7-9-25-10-8-23/h1-4,11,14H,5-10H2,(H,21,24). The number of hydrogen-bond acceptors (Lipinski definition) is 5. The Kier molecular flexibility index (Phi) is 4.31. The van der Waals surface area contributed by atoms with Crippen molar-refractivity contribution >= 4 is 11.7 Å². The van der Waals surface area contributed by atoms with Crippen LogP contribution in [0.15, 0.2) is 30.5 Å². The normalized spacial score (nSPS) is 17.4. The van der Waals surface area contributed by atoms with Gasteiger partial charge in [-0.05, 0) is 37.1 Å². The van der Waals surface area contributed by atoms with Gasteiger partial charge < -0.3 is 15.0 Å². The van der Waals surface area contributed by atoms with Crippen molar-refractivity contribution in [1.82, 2.24) is 15.3 Å². The SMILES string of the molecule is O=C(NC1CC1)c1cnc(-c2ccc(F)cc2)nc1N1CCOCC1. The summed E-state index contributed by atoms with van der Waals surface area (Å²) >= 11 is 0. The second kappa shape index (κ2) is 6.76. The lowest BCUT2D eigenvalue weighted by molar-refractivity contribution is 0.0948. The summed E-state index contributed by atoms with van der Waals surface area (Å²) in [5.74, 6) is 0.632. The van der Waals surface area contributed by atoms with E-state index < -0.39 is 0 Å². The zero-order chi connectivity index (χ0) is 17.2. The molecule has 4 rings (SSSR count). The Labute approximate surface area is 145 Å². The van der Waals surface area contributed by atoms with Gasteiger partial charge in [0.25, 0.3) is 5.91 Å². The molecule has 1 aliphatic carbocycles. The fraction of sp³-hybridized carbons (Fsp3) is 0.389. The minimum Gasteiger partial charge on any atom is -0.378 e. The van der Waals surface area contributed by atoms with Crippen LogP contribution < -0.4 is 10.2 Å². The van der Waals surface area contributed by atoms with E-state index in [1.807, 2.05) is 4.90 Å². The molecule has 2 aliphatic rings. The molecule has 6 nitrogen and oxygen atoms in total. The zero-order valence-electron chi connectivity index (χ0n) is 13.7. The van der Waals surface area contributed by atoms with E-state index in [2.05, 4.69) is 15.3 Å². The lowest BCUT2D eigenvalue weighted by Crippen LogP contribution is -2.39. The number of amides is 1. The molecular weight excluding hydrogens is 323 g/mol. The van der Waals surface area contributed by atoms with Crippen LogP contribution in [-0.2, 0) is 4.74 Å². The quantitative estimate of drug-likeness (QED) is 0.921. The van der Waals surface area contributed by atoms with Crippen LogP contribution in [0.4, 0.5) is 10.2 Å². The maximum Gasteiger partial charge on any atom is 0.256 e. The van der Waals surface area contributed by atoms with E-state index in [1.165, 1.54) is 12.1 Å². The molecule has 1 N–H and O–H groups in total. The Morgan fingerprint density at radius 2 is 1.92 bits per heavy atom. The predicted molar refractivity (Wildman–Crippen MR) is 90.9 cm³/mol. The number of nitrogens with one attached hydrogen (secondary N) is 1. The van der Waals surface area contributed by atoms with Gasteiger partial charge >= 0.3 is 0 Å². The summed E-state index contributed by atoms with van der Waals surface area (Å²) in [6, 6.07) is 6.29. The van der Waals surface area contributed by atoms with Crippen LogP contribution in [0, 0.1) is 5.82 Å². The zero-order valence-corrected chi connectivity index (χ0v) is 13.7. The summed E-state index contributed by atoms with van der Waals surface area (Å²) in [4.78, 5) is 23.5. The summed E-state index contributed by atoms with van der Waals surface area (Å²) in [6.45, 7) is 2.53. The van der Waals surface area contributed by atoms with Gasteiger partial charge in [0.15, 0.2) is 5.82 Å². The molecule has 7 heteroatoms. The van der Waals surface area contributed by atoms with E-state index in [1.54, 1.807) is 18.3 Å². The maximum absolute atomic E-state index is 13.2. The molecule has 2 heterocycles. The summed E-state index contributed by atoms with van der Waals surface area (Å²) in [6.07, 6.45) is 3.61. The van der Waals surface area contributed by atoms with Crippen molar-refractivity contribution < 1.29 is 13.9 Å². The van der Waals surface area contributed by atoms with Gasteiger partial charge in [0, 0.05) is 30.9 Å². The summed E-state index contributed by atoms with van der Waals surface area (Å²) in [7, 11) is 0. The number of carbonyl (C=O) groups excluding carboxylic acids is 1. The Bertz CT molecular complexity index is 771. The number of benzene rings is 1. The molecule has 2 fully saturated rings. The predicted octanol–water partition coefficient (Wildman–Crippen LogP) is 2.01. The third-order valence-corrected chi connectivity index (χ3v) is 4.34. The molecule has 1 saturated carbocycles. The fourth-order valence-electron chi connectivity index (χ4n) is 2.78. The Balaban J connectivity index is 1.70. The molecule has 0 unspecified atom stereocenters. The van der Waals surface area contributed by atoms with Crippen LogP contribution in [0.5, 0.6) is 0 Å². The third kappa shape index (κ3) is 3.61. The average Bonchev–Trinajstić information content (AvgIpc) is 3.46. The highest BCUT2D eigenvalue weighted by Gasteiger charge is 2.27. The maximum atomic E-state index is 13.2. The van der Waals surface area contributed by atoms with Crippen molar-refractivity contribution in [2.75, 3.05) is 31.2 Å². The van der Waals surface area contributed by atoms with Crippen molar-refractivity contribution in [1.29, 1.82) is 0 Å². The van der Waals surface area contributed by atoms with Crippen LogP contribution >= 0.6 is 0 Å². The summed E-state index contributed by atoms with van der Waals surface area (Å²) in [5, 5.41) is 2.99. The topological polar surface area (TPSA) is 67.4 Å². The Hall–Kier alpha value is -2.54. The first-order chi connectivity index (χ1) is 12.2. The number of aromatic nitrogens is 2. The smallest absolute Gasteiger partial charge is 0.256 e. The highest BCUT2D eigenvalue weighted by Crippen LogP contribution is 2.25. The van der Waals surface area contributed by atoms with Gasteiger partial charge in [-0.2, -0.15) is 0 Å². The van der Waals surface area contributed by atoms with Gasteiger partial charge in [0.1, 0.15) is 17.2 Å². The van der Waals surface area contributed by atoms with Crippen LogP contribution in [0.1, 0.15) is 23.2 Å². The monoisotopic (exact) mass is 342 g/mol. The van der Waals surface area contributed by atoms with Gasteiger partial charge in [-0.3, -0.25) is 4.79 Å². The number of hydrogen-bond donors (Lipinski definition) is 1. The number of ether oxygens (including phenoxy) is 1. The van der Waals surface area contributed by atoms with E-state index in [-0.39, 0.29) is 17.8 Å². The lowest BCUT2D eigenvalue weighted by atomic mass is 10.2. The molecule has 0 bridgehead atoms. The molecule has 1 saturated heterocycles. The first-order valence-corrected chi connectivity index (χ1v) is 8.47. The van der Waals surface area contributed by atoms with E-state index in [9.17, 15) is 9.18 Å². The largest absolute Gasteiger partial charge is 0.378 e. The van der Waals surface area contributed by atoms with Crippen molar-refractivity contribution in [3.05, 3.63) is 41.8 Å². The van der Waals surface area contributed by atoms with Gasteiger partial charge in [-0.15, -0.1) is 0 Å². The third-order valence-electron chi connectivity index (χ3n) is 4.34. The molecule has 0 radical (unpaired) electrons. The van der Waals surface area contributed by atoms with E-state index in [0.717, 1.165) is 12.8 Å². The van der Waals surface area contributed by atoms with E-state index in [0.29, 0.717) is 49.1 Å². The van der Waals surface area contributed by atoms with Crippen LogP contribution in [-0.4, -0.2) is 48.2 Å². The minimum atomic E-state index is -0.308. The minimum absolute atomic E-state index is 0.144. The van der Waals surface area contributed by atoms with E-state index >= 15 is 0 Å².